The van der Waals surface area contributed by atoms with E-state index in [2.05, 4.69) is 5.32 Å². The van der Waals surface area contributed by atoms with E-state index in [0.29, 0.717) is 15.6 Å². The van der Waals surface area contributed by atoms with Gasteiger partial charge in [0.1, 0.15) is 9.88 Å². The summed E-state index contributed by atoms with van der Waals surface area (Å²) < 4.78 is 41.1. The SMILES string of the molecule is CCOC(=O)c1sc(NCCCC(F)(F)F)c(SC)c1N. The minimum atomic E-state index is -4.16. The normalized spacial score (nSPS) is 11.5. The fourth-order valence-electron chi connectivity index (χ4n) is 1.59. The summed E-state index contributed by atoms with van der Waals surface area (Å²) in [6.07, 6.45) is -3.26. The largest absolute Gasteiger partial charge is 0.462 e. The van der Waals surface area contributed by atoms with Crippen molar-refractivity contribution in [3.05, 3.63) is 4.88 Å². The van der Waals surface area contributed by atoms with Gasteiger partial charge < -0.3 is 15.8 Å². The van der Waals surface area contributed by atoms with E-state index < -0.39 is 18.6 Å². The highest BCUT2D eigenvalue weighted by Crippen LogP contribution is 2.42. The standard InChI is InChI=1S/C12H17F3N2O2S2/c1-3-19-11(18)9-7(16)8(20-2)10(21-9)17-6-4-5-12(13,14)15/h17H,3-6,16H2,1-2H3. The quantitative estimate of drug-likeness (QED) is 0.446. The van der Waals surface area contributed by atoms with Crippen LogP contribution >= 0.6 is 23.1 Å². The Labute approximate surface area is 129 Å². The highest BCUT2D eigenvalue weighted by atomic mass is 32.2. The van der Waals surface area contributed by atoms with Gasteiger partial charge >= 0.3 is 12.1 Å². The van der Waals surface area contributed by atoms with Crippen LogP contribution in [0.4, 0.5) is 23.9 Å². The lowest BCUT2D eigenvalue weighted by atomic mass is 10.3. The van der Waals surface area contributed by atoms with Crippen LogP contribution in [0.15, 0.2) is 4.90 Å². The molecule has 0 aliphatic heterocycles. The Bertz CT molecular complexity index is 490. The molecule has 0 amide bonds. The minimum absolute atomic E-state index is 0.0378. The van der Waals surface area contributed by atoms with Crippen molar-refractivity contribution in [1.29, 1.82) is 0 Å². The predicted molar refractivity (Wildman–Crippen MR) is 80.2 cm³/mol. The summed E-state index contributed by atoms with van der Waals surface area (Å²) in [6, 6.07) is 0. The maximum absolute atomic E-state index is 12.1. The van der Waals surface area contributed by atoms with E-state index in [9.17, 15) is 18.0 Å². The molecule has 0 atom stereocenters. The van der Waals surface area contributed by atoms with Crippen molar-refractivity contribution >= 4 is 39.8 Å². The summed E-state index contributed by atoms with van der Waals surface area (Å²) in [6.45, 7) is 2.09. The number of carbonyl (C=O) groups is 1. The van der Waals surface area contributed by atoms with E-state index in [1.165, 1.54) is 11.8 Å². The van der Waals surface area contributed by atoms with E-state index in [0.717, 1.165) is 11.3 Å². The number of esters is 1. The Hall–Kier alpha value is -1.09. The molecule has 21 heavy (non-hydrogen) atoms. The maximum atomic E-state index is 12.1. The first kappa shape index (κ1) is 18.0. The third-order valence-electron chi connectivity index (χ3n) is 2.49. The molecular weight excluding hydrogens is 325 g/mol. The van der Waals surface area contributed by atoms with Gasteiger partial charge in [0.15, 0.2) is 0 Å². The summed E-state index contributed by atoms with van der Waals surface area (Å²) in [4.78, 5) is 12.7. The van der Waals surface area contributed by atoms with Crippen molar-refractivity contribution in [3.63, 3.8) is 0 Å². The molecule has 4 nitrogen and oxygen atoms in total. The van der Waals surface area contributed by atoms with Crippen molar-refractivity contribution in [2.45, 2.75) is 30.8 Å². The van der Waals surface area contributed by atoms with Gasteiger partial charge in [0.2, 0.25) is 0 Å². The van der Waals surface area contributed by atoms with Crippen LogP contribution in [0.1, 0.15) is 29.4 Å². The second kappa shape index (κ2) is 7.79. The Morgan fingerprint density at radius 2 is 2.14 bits per heavy atom. The van der Waals surface area contributed by atoms with E-state index in [4.69, 9.17) is 10.5 Å². The summed E-state index contributed by atoms with van der Waals surface area (Å²) in [5.41, 5.74) is 6.20. The van der Waals surface area contributed by atoms with Crippen LogP contribution < -0.4 is 11.1 Å². The molecule has 0 radical (unpaired) electrons. The molecule has 0 unspecified atom stereocenters. The highest BCUT2D eigenvalue weighted by Gasteiger charge is 2.26. The number of nitrogen functional groups attached to an aromatic ring is 1. The Morgan fingerprint density at radius 3 is 2.67 bits per heavy atom. The summed E-state index contributed by atoms with van der Waals surface area (Å²) in [5.74, 6) is -0.515. The molecule has 0 bridgehead atoms. The Morgan fingerprint density at radius 1 is 1.48 bits per heavy atom. The van der Waals surface area contributed by atoms with Crippen molar-refractivity contribution in [3.8, 4) is 0 Å². The second-order valence-corrected chi connectivity index (χ2v) is 5.91. The van der Waals surface area contributed by atoms with Crippen molar-refractivity contribution in [2.75, 3.05) is 30.5 Å². The van der Waals surface area contributed by atoms with Gasteiger partial charge in [-0.05, 0) is 19.6 Å². The van der Waals surface area contributed by atoms with Crippen LogP contribution in [0.2, 0.25) is 0 Å². The van der Waals surface area contributed by atoms with E-state index in [1.807, 2.05) is 0 Å². The van der Waals surface area contributed by atoms with Gasteiger partial charge in [-0.1, -0.05) is 0 Å². The van der Waals surface area contributed by atoms with Gasteiger partial charge in [0.05, 0.1) is 17.2 Å². The number of thioether (sulfide) groups is 1. The number of ether oxygens (including phenoxy) is 1. The van der Waals surface area contributed by atoms with Gasteiger partial charge in [-0.3, -0.25) is 0 Å². The highest BCUT2D eigenvalue weighted by molar-refractivity contribution is 7.99. The lowest BCUT2D eigenvalue weighted by molar-refractivity contribution is -0.134. The molecule has 9 heteroatoms. The number of alkyl halides is 3. The molecule has 0 aromatic carbocycles. The Kier molecular flexibility index (Phi) is 6.66. The molecule has 0 saturated heterocycles. The van der Waals surface area contributed by atoms with Crippen LogP contribution in [-0.2, 0) is 4.74 Å². The number of hydrogen-bond donors (Lipinski definition) is 2. The first-order valence-corrected chi connectivity index (χ1v) is 8.28. The molecule has 1 aromatic rings. The van der Waals surface area contributed by atoms with E-state index in [-0.39, 0.29) is 24.4 Å². The smallest absolute Gasteiger partial charge is 0.389 e. The molecule has 1 heterocycles. The van der Waals surface area contributed by atoms with Crippen molar-refractivity contribution < 1.29 is 22.7 Å². The third-order valence-corrected chi connectivity index (χ3v) is 4.59. The van der Waals surface area contributed by atoms with E-state index in [1.54, 1.807) is 13.2 Å². The molecule has 0 spiro atoms. The third kappa shape index (κ3) is 5.31. The molecule has 1 rings (SSSR count). The molecule has 3 N–H and O–H groups in total. The number of nitrogens with one attached hydrogen (secondary N) is 1. The monoisotopic (exact) mass is 342 g/mol. The zero-order chi connectivity index (χ0) is 16.0. The number of rotatable bonds is 7. The van der Waals surface area contributed by atoms with Gasteiger partial charge in [-0.15, -0.1) is 23.1 Å². The summed E-state index contributed by atoms with van der Waals surface area (Å²) in [5, 5.41) is 3.51. The lowest BCUT2D eigenvalue weighted by Crippen LogP contribution is -2.10. The number of anilines is 2. The van der Waals surface area contributed by atoms with Crippen LogP contribution in [0, 0.1) is 0 Å². The second-order valence-electron chi connectivity index (χ2n) is 4.07. The number of hydrogen-bond acceptors (Lipinski definition) is 6. The first-order valence-electron chi connectivity index (χ1n) is 6.24. The average molecular weight is 342 g/mol. The van der Waals surface area contributed by atoms with Crippen LogP contribution in [0.5, 0.6) is 0 Å². The molecule has 120 valence electrons. The lowest BCUT2D eigenvalue weighted by Gasteiger charge is -2.08. The van der Waals surface area contributed by atoms with Crippen LogP contribution in [0.25, 0.3) is 0 Å². The van der Waals surface area contributed by atoms with Crippen LogP contribution in [-0.4, -0.2) is 31.6 Å². The molecule has 1 aromatic heterocycles. The average Bonchev–Trinajstić information content (AvgIpc) is 2.70. The van der Waals surface area contributed by atoms with E-state index >= 15 is 0 Å². The fraction of sp³-hybridized carbons (Fsp3) is 0.583. The maximum Gasteiger partial charge on any atom is 0.389 e. The summed E-state index contributed by atoms with van der Waals surface area (Å²) in [7, 11) is 0. The first-order chi connectivity index (χ1) is 9.80. The number of thiophene rings is 1. The number of nitrogens with two attached hydrogens (primary N) is 1. The molecule has 0 aliphatic carbocycles. The number of halogens is 3. The zero-order valence-electron chi connectivity index (χ0n) is 11.7. The minimum Gasteiger partial charge on any atom is -0.462 e. The van der Waals surface area contributed by atoms with Crippen LogP contribution in [0.3, 0.4) is 0 Å². The molecule has 0 fully saturated rings. The van der Waals surface area contributed by atoms with Crippen molar-refractivity contribution in [2.24, 2.45) is 0 Å². The van der Waals surface area contributed by atoms with Gasteiger partial charge in [-0.2, -0.15) is 13.2 Å². The zero-order valence-corrected chi connectivity index (χ0v) is 13.3. The number of carbonyl (C=O) groups excluding carboxylic acids is 1. The van der Waals surface area contributed by atoms with Gasteiger partial charge in [-0.25, -0.2) is 4.79 Å². The fourth-order valence-corrected chi connectivity index (χ4v) is 3.54. The topological polar surface area (TPSA) is 64.3 Å². The molecule has 0 aliphatic rings. The molecular formula is C12H17F3N2O2S2. The molecule has 0 saturated carbocycles. The predicted octanol–water partition coefficient (Wildman–Crippen LogP) is 3.98. The van der Waals surface area contributed by atoms with Crippen molar-refractivity contribution in [1.82, 2.24) is 0 Å². The van der Waals surface area contributed by atoms with Gasteiger partial charge in [0.25, 0.3) is 0 Å². The van der Waals surface area contributed by atoms with Gasteiger partial charge in [0, 0.05) is 13.0 Å². The Balaban J connectivity index is 2.73. The summed E-state index contributed by atoms with van der Waals surface area (Å²) >= 11 is 2.44.